The minimum absolute atomic E-state index is 0.0659. The first kappa shape index (κ1) is 25.3. The zero-order chi connectivity index (χ0) is 23.9. The van der Waals surface area contributed by atoms with Gasteiger partial charge in [-0.15, -0.1) is 0 Å². The van der Waals surface area contributed by atoms with Gasteiger partial charge in [-0.25, -0.2) is 8.42 Å². The summed E-state index contributed by atoms with van der Waals surface area (Å²) >= 11 is 0. The maximum absolute atomic E-state index is 12.8. The molecule has 0 atom stereocenters. The second-order valence-electron chi connectivity index (χ2n) is 6.70. The Balaban J connectivity index is 2.20. The summed E-state index contributed by atoms with van der Waals surface area (Å²) in [6.45, 7) is 0.340. The lowest BCUT2D eigenvalue weighted by molar-refractivity contribution is -0.149. The van der Waals surface area contributed by atoms with E-state index in [2.05, 4.69) is 4.98 Å². The van der Waals surface area contributed by atoms with Crippen LogP contribution in [0.15, 0.2) is 53.7 Å². The lowest BCUT2D eigenvalue weighted by Crippen LogP contribution is -2.43. The highest BCUT2D eigenvalue weighted by Crippen LogP contribution is 2.29. The van der Waals surface area contributed by atoms with Crippen molar-refractivity contribution in [2.75, 3.05) is 26.7 Å². The number of aromatic nitrogens is 1. The molecule has 0 radical (unpaired) electrons. The van der Waals surface area contributed by atoms with Gasteiger partial charge in [0.1, 0.15) is 11.4 Å². The third-order valence-electron chi connectivity index (χ3n) is 4.33. The first-order valence-corrected chi connectivity index (χ1v) is 10.8. The number of sulfonamides is 1. The van der Waals surface area contributed by atoms with E-state index in [0.29, 0.717) is 5.56 Å². The zero-order valence-electron chi connectivity index (χ0n) is 17.4. The number of rotatable bonds is 9. The normalized spacial score (nSPS) is 11.9. The molecular formula is C20H22F3N3O5S. The highest BCUT2D eigenvalue weighted by atomic mass is 32.2. The number of likely N-dealkylation sites (N-methyl/N-ethyl adjacent to an activating group) is 1. The molecule has 0 aliphatic heterocycles. The fourth-order valence-electron chi connectivity index (χ4n) is 2.67. The first-order valence-electron chi connectivity index (χ1n) is 9.41. The van der Waals surface area contributed by atoms with E-state index in [1.54, 1.807) is 6.92 Å². The van der Waals surface area contributed by atoms with Crippen LogP contribution in [0, 0.1) is 0 Å². The number of benzene rings is 1. The topological polar surface area (TPSA) is 96.9 Å². The Morgan fingerprint density at radius 2 is 1.75 bits per heavy atom. The van der Waals surface area contributed by atoms with Crippen LogP contribution < -0.4 is 0 Å². The van der Waals surface area contributed by atoms with Crippen LogP contribution in [0.4, 0.5) is 13.2 Å². The van der Waals surface area contributed by atoms with Crippen molar-refractivity contribution in [3.05, 3.63) is 59.9 Å². The molecule has 2 rings (SSSR count). The molecule has 0 unspecified atom stereocenters. The second kappa shape index (κ2) is 10.6. The van der Waals surface area contributed by atoms with Crippen molar-refractivity contribution >= 4 is 21.9 Å². The fraction of sp³-hybridized carbons (Fsp3) is 0.350. The minimum Gasteiger partial charge on any atom is -0.465 e. The largest absolute Gasteiger partial charge is 0.465 e. The second-order valence-corrected chi connectivity index (χ2v) is 8.74. The van der Waals surface area contributed by atoms with Crippen molar-refractivity contribution in [3.8, 4) is 0 Å². The highest BCUT2D eigenvalue weighted by molar-refractivity contribution is 7.89. The monoisotopic (exact) mass is 473 g/mol. The Hall–Kier alpha value is -2.99. The molecule has 1 aromatic carbocycles. The predicted molar refractivity (Wildman–Crippen MR) is 108 cm³/mol. The van der Waals surface area contributed by atoms with Gasteiger partial charge in [0.25, 0.3) is 0 Å². The molecule has 1 amide bonds. The van der Waals surface area contributed by atoms with Crippen LogP contribution in [0.5, 0.6) is 0 Å². The van der Waals surface area contributed by atoms with Gasteiger partial charge >= 0.3 is 12.1 Å². The standard InChI is InChI=1S/C20H22F3N3O5S/c1-3-31-19(28)14-26(12-15-6-8-16(9-7-15)20(21,22)23)18(27)13-25(2)32(29,30)17-5-4-10-24-11-17/h4-11H,3,12-14H2,1-2H3. The molecule has 0 bridgehead atoms. The molecule has 12 heteroatoms. The van der Waals surface area contributed by atoms with Crippen molar-refractivity contribution in [2.45, 2.75) is 24.5 Å². The number of alkyl halides is 3. The van der Waals surface area contributed by atoms with Crippen molar-refractivity contribution in [2.24, 2.45) is 0 Å². The summed E-state index contributed by atoms with van der Waals surface area (Å²) in [5, 5.41) is 0. The summed E-state index contributed by atoms with van der Waals surface area (Å²) in [7, 11) is -2.82. The quantitative estimate of drug-likeness (QED) is 0.519. The van der Waals surface area contributed by atoms with E-state index in [9.17, 15) is 31.2 Å². The molecule has 0 N–H and O–H groups in total. The van der Waals surface area contributed by atoms with Crippen molar-refractivity contribution in [1.29, 1.82) is 0 Å². The number of amides is 1. The smallest absolute Gasteiger partial charge is 0.416 e. The molecule has 0 aliphatic carbocycles. The molecule has 174 valence electrons. The van der Waals surface area contributed by atoms with E-state index in [4.69, 9.17) is 4.74 Å². The van der Waals surface area contributed by atoms with Gasteiger partial charge in [-0.05, 0) is 36.8 Å². The molecule has 8 nitrogen and oxygen atoms in total. The third-order valence-corrected chi connectivity index (χ3v) is 6.12. The molecule has 0 saturated carbocycles. The van der Waals surface area contributed by atoms with Crippen LogP contribution in [-0.4, -0.2) is 61.2 Å². The number of esters is 1. The summed E-state index contributed by atoms with van der Waals surface area (Å²) in [6, 6.07) is 6.85. The average molecular weight is 473 g/mol. The lowest BCUT2D eigenvalue weighted by Gasteiger charge is -2.25. The summed E-state index contributed by atoms with van der Waals surface area (Å²) < 4.78 is 69.2. The Morgan fingerprint density at radius 3 is 2.28 bits per heavy atom. The van der Waals surface area contributed by atoms with Gasteiger partial charge in [-0.3, -0.25) is 14.6 Å². The molecule has 0 fully saturated rings. The summed E-state index contributed by atoms with van der Waals surface area (Å²) in [5.74, 6) is -1.46. The van der Waals surface area contributed by atoms with E-state index >= 15 is 0 Å². The number of carbonyl (C=O) groups is 2. The van der Waals surface area contributed by atoms with Gasteiger partial charge in [0.15, 0.2) is 0 Å². The zero-order valence-corrected chi connectivity index (χ0v) is 18.2. The van der Waals surface area contributed by atoms with Crippen LogP contribution in [0.25, 0.3) is 0 Å². The molecule has 0 spiro atoms. The Kier molecular flexibility index (Phi) is 8.33. The first-order chi connectivity index (χ1) is 14.9. The number of carbonyl (C=O) groups excluding carboxylic acids is 2. The molecule has 0 saturated heterocycles. The van der Waals surface area contributed by atoms with Crippen LogP contribution in [0.2, 0.25) is 0 Å². The van der Waals surface area contributed by atoms with E-state index < -0.39 is 46.7 Å². The maximum atomic E-state index is 12.8. The van der Waals surface area contributed by atoms with Crippen LogP contribution in [0.3, 0.4) is 0 Å². The van der Waals surface area contributed by atoms with Gasteiger partial charge in [0.05, 0.1) is 18.7 Å². The summed E-state index contributed by atoms with van der Waals surface area (Å²) in [5.41, 5.74) is -0.528. The third kappa shape index (κ3) is 6.76. The Morgan fingerprint density at radius 1 is 1.09 bits per heavy atom. The van der Waals surface area contributed by atoms with Gasteiger partial charge in [0.2, 0.25) is 15.9 Å². The van der Waals surface area contributed by atoms with E-state index in [1.165, 1.54) is 37.5 Å². The number of ether oxygens (including phenoxy) is 1. The van der Waals surface area contributed by atoms with E-state index in [-0.39, 0.29) is 18.0 Å². The number of hydrogen-bond acceptors (Lipinski definition) is 6. The average Bonchev–Trinajstić information content (AvgIpc) is 2.73. The molecule has 1 aromatic heterocycles. The molecule has 0 aliphatic rings. The summed E-state index contributed by atoms with van der Waals surface area (Å²) in [4.78, 5) is 29.4. The van der Waals surface area contributed by atoms with Crippen molar-refractivity contribution in [3.63, 3.8) is 0 Å². The number of nitrogens with zero attached hydrogens (tertiary/aromatic N) is 3. The Bertz CT molecular complexity index is 1030. The molecule has 1 heterocycles. The van der Waals surface area contributed by atoms with Crippen LogP contribution >= 0.6 is 0 Å². The number of hydrogen-bond donors (Lipinski definition) is 0. The molecule has 32 heavy (non-hydrogen) atoms. The van der Waals surface area contributed by atoms with Gasteiger partial charge in [-0.1, -0.05) is 12.1 Å². The Labute approximate surface area is 183 Å². The van der Waals surface area contributed by atoms with Crippen LogP contribution in [0.1, 0.15) is 18.1 Å². The van der Waals surface area contributed by atoms with Gasteiger partial charge in [0, 0.05) is 26.0 Å². The van der Waals surface area contributed by atoms with Crippen LogP contribution in [-0.2, 0) is 37.1 Å². The lowest BCUT2D eigenvalue weighted by atomic mass is 10.1. The maximum Gasteiger partial charge on any atom is 0.416 e. The van der Waals surface area contributed by atoms with Gasteiger partial charge < -0.3 is 9.64 Å². The molecular weight excluding hydrogens is 451 g/mol. The predicted octanol–water partition coefficient (Wildman–Crippen LogP) is 2.31. The molecule has 2 aromatic rings. The highest BCUT2D eigenvalue weighted by Gasteiger charge is 2.30. The fourth-order valence-corrected chi connectivity index (χ4v) is 3.75. The summed E-state index contributed by atoms with van der Waals surface area (Å²) in [6.07, 6.45) is -1.98. The van der Waals surface area contributed by atoms with Crippen molar-refractivity contribution < 1.29 is 35.9 Å². The van der Waals surface area contributed by atoms with E-state index in [0.717, 1.165) is 27.5 Å². The number of pyridine rings is 1. The SMILES string of the molecule is CCOC(=O)CN(Cc1ccc(C(F)(F)F)cc1)C(=O)CN(C)S(=O)(=O)c1cccnc1. The van der Waals surface area contributed by atoms with E-state index in [1.807, 2.05) is 0 Å². The van der Waals surface area contributed by atoms with Crippen molar-refractivity contribution in [1.82, 2.24) is 14.2 Å². The minimum atomic E-state index is -4.51. The van der Waals surface area contributed by atoms with Gasteiger partial charge in [-0.2, -0.15) is 17.5 Å². The number of halogens is 3.